The maximum absolute atomic E-state index is 12.2. The van der Waals surface area contributed by atoms with Crippen molar-refractivity contribution >= 4 is 17.8 Å². The van der Waals surface area contributed by atoms with Crippen LogP contribution in [-0.4, -0.2) is 48.2 Å². The number of hydrogen-bond acceptors (Lipinski definition) is 5. The average molecular weight is 302 g/mol. The minimum absolute atomic E-state index is 0.169. The lowest BCUT2D eigenvalue weighted by molar-refractivity contribution is -0.144. The van der Waals surface area contributed by atoms with Crippen molar-refractivity contribution in [1.29, 1.82) is 0 Å². The van der Waals surface area contributed by atoms with Gasteiger partial charge in [-0.25, -0.2) is 0 Å². The molecule has 0 aliphatic carbocycles. The number of rotatable bonds is 7. The predicted octanol–water partition coefficient (Wildman–Crippen LogP) is 0.532. The summed E-state index contributed by atoms with van der Waals surface area (Å²) in [6, 6.07) is -2.33. The third kappa shape index (κ3) is 7.65. The highest BCUT2D eigenvalue weighted by Gasteiger charge is 2.29. The van der Waals surface area contributed by atoms with Crippen molar-refractivity contribution in [3.8, 4) is 0 Å². The zero-order chi connectivity index (χ0) is 16.8. The van der Waals surface area contributed by atoms with Gasteiger partial charge in [0.15, 0.2) is 0 Å². The van der Waals surface area contributed by atoms with Gasteiger partial charge in [-0.3, -0.25) is 19.7 Å². The summed E-state index contributed by atoms with van der Waals surface area (Å²) in [7, 11) is 1.27. The van der Waals surface area contributed by atoms with Crippen molar-refractivity contribution < 1.29 is 24.2 Å². The van der Waals surface area contributed by atoms with E-state index in [0.29, 0.717) is 6.42 Å². The van der Waals surface area contributed by atoms with E-state index in [1.807, 2.05) is 20.8 Å². The van der Waals surface area contributed by atoms with Crippen LogP contribution in [0.3, 0.4) is 0 Å². The summed E-state index contributed by atoms with van der Waals surface area (Å²) in [5.41, 5.74) is -0.169. The molecule has 1 amide bonds. The van der Waals surface area contributed by atoms with Gasteiger partial charge in [-0.2, -0.15) is 0 Å². The van der Waals surface area contributed by atoms with Gasteiger partial charge in [0.2, 0.25) is 5.91 Å². The normalized spacial score (nSPS) is 15.7. The van der Waals surface area contributed by atoms with E-state index in [2.05, 4.69) is 15.4 Å². The summed E-state index contributed by atoms with van der Waals surface area (Å²) in [5.74, 6) is -2.04. The summed E-state index contributed by atoms with van der Waals surface area (Å²) < 4.78 is 4.61. The Bertz CT molecular complexity index is 389. The SMILES string of the molecule is COC(=O)[C@@H](C)N[C@@H](CC(C)(C)C)C(=O)N[C@@H](C)C(=O)O. The summed E-state index contributed by atoms with van der Waals surface area (Å²) in [6.45, 7) is 8.85. The smallest absolute Gasteiger partial charge is 0.325 e. The van der Waals surface area contributed by atoms with Gasteiger partial charge >= 0.3 is 11.9 Å². The molecule has 122 valence electrons. The predicted molar refractivity (Wildman–Crippen MR) is 77.7 cm³/mol. The van der Waals surface area contributed by atoms with Crippen LogP contribution in [0.4, 0.5) is 0 Å². The number of hydrogen-bond donors (Lipinski definition) is 3. The number of carbonyl (C=O) groups excluding carboxylic acids is 2. The molecule has 21 heavy (non-hydrogen) atoms. The number of carboxylic acids is 1. The van der Waals surface area contributed by atoms with Gasteiger partial charge < -0.3 is 15.2 Å². The first-order valence-electron chi connectivity index (χ1n) is 6.85. The van der Waals surface area contributed by atoms with Crippen molar-refractivity contribution in [3.05, 3.63) is 0 Å². The van der Waals surface area contributed by atoms with Crippen LogP contribution in [0.5, 0.6) is 0 Å². The number of esters is 1. The van der Waals surface area contributed by atoms with Crippen molar-refractivity contribution in [2.75, 3.05) is 7.11 Å². The lowest BCUT2D eigenvalue weighted by Crippen LogP contribution is -2.54. The molecule has 0 radical (unpaired) electrons. The third-order valence-electron chi connectivity index (χ3n) is 2.87. The molecule has 0 aromatic carbocycles. The van der Waals surface area contributed by atoms with Gasteiger partial charge in [-0.15, -0.1) is 0 Å². The summed E-state index contributed by atoms with van der Waals surface area (Å²) in [4.78, 5) is 34.5. The first-order valence-corrected chi connectivity index (χ1v) is 6.85. The van der Waals surface area contributed by atoms with E-state index in [9.17, 15) is 14.4 Å². The second-order valence-corrected chi connectivity index (χ2v) is 6.30. The highest BCUT2D eigenvalue weighted by Crippen LogP contribution is 2.21. The van der Waals surface area contributed by atoms with E-state index in [4.69, 9.17) is 5.11 Å². The molecule has 0 aliphatic heterocycles. The largest absolute Gasteiger partial charge is 0.480 e. The molecule has 0 rings (SSSR count). The van der Waals surface area contributed by atoms with E-state index >= 15 is 0 Å². The zero-order valence-electron chi connectivity index (χ0n) is 13.5. The summed E-state index contributed by atoms with van der Waals surface area (Å²) in [6.07, 6.45) is 0.451. The van der Waals surface area contributed by atoms with Crippen LogP contribution in [0.15, 0.2) is 0 Å². The van der Waals surface area contributed by atoms with E-state index in [1.54, 1.807) is 6.92 Å². The average Bonchev–Trinajstić information content (AvgIpc) is 2.34. The molecule has 0 unspecified atom stereocenters. The van der Waals surface area contributed by atoms with E-state index < -0.39 is 36.0 Å². The van der Waals surface area contributed by atoms with Crippen molar-refractivity contribution in [2.24, 2.45) is 5.41 Å². The second kappa shape index (κ2) is 7.97. The standard InChI is InChI=1S/C14H26N2O5/c1-8(12(18)19)16-11(17)10(7-14(3,4)5)15-9(2)13(20)21-6/h8-10,15H,7H2,1-6H3,(H,16,17)(H,18,19)/t8-,9+,10-/m0/s1. The van der Waals surface area contributed by atoms with E-state index in [0.717, 1.165) is 0 Å². The molecule has 0 aromatic heterocycles. The maximum Gasteiger partial charge on any atom is 0.325 e. The lowest BCUT2D eigenvalue weighted by Gasteiger charge is -2.28. The van der Waals surface area contributed by atoms with Gasteiger partial charge in [-0.05, 0) is 25.7 Å². The van der Waals surface area contributed by atoms with Crippen molar-refractivity contribution in [1.82, 2.24) is 10.6 Å². The molecule has 0 aliphatic rings. The van der Waals surface area contributed by atoms with E-state index in [1.165, 1.54) is 14.0 Å². The number of ether oxygens (including phenoxy) is 1. The summed E-state index contributed by atoms with van der Waals surface area (Å²) >= 11 is 0. The maximum atomic E-state index is 12.2. The Hall–Kier alpha value is -1.63. The van der Waals surface area contributed by atoms with Crippen LogP contribution >= 0.6 is 0 Å². The summed E-state index contributed by atoms with van der Waals surface area (Å²) in [5, 5.41) is 14.1. The van der Waals surface area contributed by atoms with Gasteiger partial charge in [0.25, 0.3) is 0 Å². The van der Waals surface area contributed by atoms with Crippen LogP contribution in [0, 0.1) is 5.41 Å². The topological polar surface area (TPSA) is 105 Å². The van der Waals surface area contributed by atoms with Crippen LogP contribution in [-0.2, 0) is 19.1 Å². The van der Waals surface area contributed by atoms with Crippen LogP contribution in [0.2, 0.25) is 0 Å². The first kappa shape index (κ1) is 19.4. The fourth-order valence-electron chi connectivity index (χ4n) is 1.76. The molecule has 0 fully saturated rings. The minimum Gasteiger partial charge on any atom is -0.480 e. The monoisotopic (exact) mass is 302 g/mol. The molecule has 0 bridgehead atoms. The van der Waals surface area contributed by atoms with Gasteiger partial charge in [0, 0.05) is 0 Å². The highest BCUT2D eigenvalue weighted by atomic mass is 16.5. The van der Waals surface area contributed by atoms with Gasteiger partial charge in [-0.1, -0.05) is 20.8 Å². The molecule has 0 saturated carbocycles. The Balaban J connectivity index is 4.92. The Labute approximate surface area is 125 Å². The number of amides is 1. The minimum atomic E-state index is -1.11. The fraction of sp³-hybridized carbons (Fsp3) is 0.786. The molecule has 3 N–H and O–H groups in total. The number of carboxylic acid groups (broad SMARTS) is 1. The quantitative estimate of drug-likeness (QED) is 0.593. The molecule has 0 heterocycles. The molecule has 0 saturated heterocycles. The molecular weight excluding hydrogens is 276 g/mol. The second-order valence-electron chi connectivity index (χ2n) is 6.30. The van der Waals surface area contributed by atoms with Crippen LogP contribution in [0.1, 0.15) is 41.0 Å². The third-order valence-corrected chi connectivity index (χ3v) is 2.87. The number of carbonyl (C=O) groups is 3. The van der Waals surface area contributed by atoms with Gasteiger partial charge in [0.1, 0.15) is 12.1 Å². The molecule has 7 nitrogen and oxygen atoms in total. The van der Waals surface area contributed by atoms with E-state index in [-0.39, 0.29) is 5.41 Å². The van der Waals surface area contributed by atoms with Gasteiger partial charge in [0.05, 0.1) is 13.2 Å². The van der Waals surface area contributed by atoms with Crippen molar-refractivity contribution in [2.45, 2.75) is 59.2 Å². The molecule has 7 heteroatoms. The lowest BCUT2D eigenvalue weighted by atomic mass is 9.87. The number of aliphatic carboxylic acids is 1. The highest BCUT2D eigenvalue weighted by molar-refractivity contribution is 5.87. The zero-order valence-corrected chi connectivity index (χ0v) is 13.5. The van der Waals surface area contributed by atoms with Crippen molar-refractivity contribution in [3.63, 3.8) is 0 Å². The Morgan fingerprint density at radius 3 is 2.05 bits per heavy atom. The Kier molecular flexibility index (Phi) is 7.35. The van der Waals surface area contributed by atoms with Crippen LogP contribution < -0.4 is 10.6 Å². The Morgan fingerprint density at radius 2 is 1.67 bits per heavy atom. The Morgan fingerprint density at radius 1 is 1.14 bits per heavy atom. The fourth-order valence-corrected chi connectivity index (χ4v) is 1.76. The molecule has 3 atom stereocenters. The number of methoxy groups -OCH3 is 1. The molecule has 0 spiro atoms. The first-order chi connectivity index (χ1) is 9.47. The van der Waals surface area contributed by atoms with Crippen LogP contribution in [0.25, 0.3) is 0 Å². The number of nitrogens with one attached hydrogen (secondary N) is 2. The molecule has 0 aromatic rings. The molecular formula is C14H26N2O5.